The van der Waals surface area contributed by atoms with Crippen LogP contribution in [0.15, 0.2) is 9.59 Å². The van der Waals surface area contributed by atoms with Gasteiger partial charge in [0.1, 0.15) is 0 Å². The lowest BCUT2D eigenvalue weighted by Crippen LogP contribution is -2.40. The minimum absolute atomic E-state index is 0.207. The molecule has 3 rings (SSSR count). The summed E-state index contributed by atoms with van der Waals surface area (Å²) in [5.41, 5.74) is 2.46. The third kappa shape index (κ3) is 2.36. The van der Waals surface area contributed by atoms with Crippen LogP contribution in [0.3, 0.4) is 0 Å². The van der Waals surface area contributed by atoms with Crippen LogP contribution in [0.2, 0.25) is 0 Å². The third-order valence-electron chi connectivity index (χ3n) is 5.14. The second-order valence-corrected chi connectivity index (χ2v) is 7.37. The van der Waals surface area contributed by atoms with Crippen LogP contribution in [0, 0.1) is 19.8 Å². The van der Waals surface area contributed by atoms with Crippen molar-refractivity contribution in [2.45, 2.75) is 60.5 Å². The fourth-order valence-corrected chi connectivity index (χ4v) is 3.51. The molecule has 0 unspecified atom stereocenters. The molecule has 0 aromatic carbocycles. The first kappa shape index (κ1) is 17.5. The maximum absolute atomic E-state index is 13.1. The van der Waals surface area contributed by atoms with Gasteiger partial charge in [-0.1, -0.05) is 20.8 Å². The van der Waals surface area contributed by atoms with Crippen molar-refractivity contribution in [2.75, 3.05) is 0 Å². The number of rotatable bonds is 4. The molecule has 3 aromatic rings. The number of imidazole rings is 2. The van der Waals surface area contributed by atoms with Gasteiger partial charge in [0.15, 0.2) is 11.2 Å². The van der Waals surface area contributed by atoms with Gasteiger partial charge in [0, 0.05) is 31.0 Å². The third-order valence-corrected chi connectivity index (χ3v) is 5.14. The molecule has 0 aliphatic carbocycles. The molecular formula is C18H27N5O2. The summed E-state index contributed by atoms with van der Waals surface area (Å²) < 4.78 is 6.89. The molecule has 0 saturated carbocycles. The molecular weight excluding hydrogens is 318 g/mol. The molecule has 0 bridgehead atoms. The second-order valence-electron chi connectivity index (χ2n) is 7.37. The summed E-state index contributed by atoms with van der Waals surface area (Å²) in [7, 11) is 1.68. The first-order chi connectivity index (χ1) is 11.7. The van der Waals surface area contributed by atoms with Gasteiger partial charge >= 0.3 is 5.69 Å². The van der Waals surface area contributed by atoms with Crippen molar-refractivity contribution in [3.05, 3.63) is 32.2 Å². The summed E-state index contributed by atoms with van der Waals surface area (Å²) in [4.78, 5) is 30.4. The van der Waals surface area contributed by atoms with E-state index in [-0.39, 0.29) is 23.2 Å². The molecule has 0 aliphatic heterocycles. The van der Waals surface area contributed by atoms with Crippen molar-refractivity contribution >= 4 is 16.9 Å². The number of hydrogen-bond acceptors (Lipinski definition) is 3. The molecule has 0 saturated heterocycles. The Labute approximate surface area is 146 Å². The summed E-state index contributed by atoms with van der Waals surface area (Å²) in [6, 6.07) is 0.267. The quantitative estimate of drug-likeness (QED) is 0.729. The Balaban J connectivity index is 2.53. The van der Waals surface area contributed by atoms with E-state index in [0.29, 0.717) is 17.7 Å². The van der Waals surface area contributed by atoms with E-state index in [1.54, 1.807) is 7.05 Å². The van der Waals surface area contributed by atoms with Crippen LogP contribution in [-0.2, 0) is 13.6 Å². The molecule has 0 N–H and O–H groups in total. The molecule has 3 heterocycles. The van der Waals surface area contributed by atoms with Crippen molar-refractivity contribution in [2.24, 2.45) is 13.0 Å². The Morgan fingerprint density at radius 1 is 1.08 bits per heavy atom. The monoisotopic (exact) mass is 345 g/mol. The van der Waals surface area contributed by atoms with Crippen LogP contribution in [0.25, 0.3) is 16.9 Å². The zero-order chi connectivity index (χ0) is 18.6. The van der Waals surface area contributed by atoms with E-state index in [4.69, 9.17) is 0 Å². The second kappa shape index (κ2) is 5.89. The van der Waals surface area contributed by atoms with Gasteiger partial charge in [-0.25, -0.2) is 4.79 Å². The van der Waals surface area contributed by atoms with Crippen LogP contribution in [0.4, 0.5) is 0 Å². The van der Waals surface area contributed by atoms with Gasteiger partial charge in [-0.2, -0.15) is 4.98 Å². The molecule has 7 nitrogen and oxygen atoms in total. The number of aryl methyl sites for hydroxylation is 2. The van der Waals surface area contributed by atoms with Crippen LogP contribution < -0.4 is 11.2 Å². The van der Waals surface area contributed by atoms with Gasteiger partial charge in [0.25, 0.3) is 5.56 Å². The lowest BCUT2D eigenvalue weighted by molar-refractivity contribution is 0.484. The predicted molar refractivity (Wildman–Crippen MR) is 99.5 cm³/mol. The Bertz CT molecular complexity index is 1080. The molecule has 136 valence electrons. The standard InChI is InChI=1S/C18H27N5O2/c1-8-11(4)22-12(5)13(6)23-14-15(19-17(22)23)20(7)18(25)21(16(14)24)9-10(2)3/h10-11H,8-9H2,1-7H3/t11-/m0/s1. The van der Waals surface area contributed by atoms with E-state index in [2.05, 4.69) is 30.3 Å². The SMILES string of the molecule is CC[C@H](C)n1c(C)c(C)n2c3c(=O)n(CC(C)C)c(=O)n(C)c3nc12. The van der Waals surface area contributed by atoms with Gasteiger partial charge < -0.3 is 4.57 Å². The van der Waals surface area contributed by atoms with Crippen molar-refractivity contribution in [3.63, 3.8) is 0 Å². The topological polar surface area (TPSA) is 66.2 Å². The minimum Gasteiger partial charge on any atom is -0.311 e. The average Bonchev–Trinajstić information content (AvgIpc) is 3.05. The summed E-state index contributed by atoms with van der Waals surface area (Å²) in [5, 5.41) is 0. The first-order valence-corrected chi connectivity index (χ1v) is 8.90. The van der Waals surface area contributed by atoms with Crippen molar-refractivity contribution in [1.82, 2.24) is 23.1 Å². The van der Waals surface area contributed by atoms with Gasteiger partial charge in [-0.15, -0.1) is 0 Å². The van der Waals surface area contributed by atoms with E-state index in [1.165, 1.54) is 9.13 Å². The van der Waals surface area contributed by atoms with Gasteiger partial charge in [-0.3, -0.25) is 18.3 Å². The zero-order valence-corrected chi connectivity index (χ0v) is 16.1. The molecule has 3 aromatic heterocycles. The normalized spacial score (nSPS) is 13.4. The van der Waals surface area contributed by atoms with E-state index in [9.17, 15) is 9.59 Å². The van der Waals surface area contributed by atoms with E-state index in [1.807, 2.05) is 25.2 Å². The number of aromatic nitrogens is 5. The smallest absolute Gasteiger partial charge is 0.311 e. The molecule has 0 aliphatic rings. The van der Waals surface area contributed by atoms with Crippen LogP contribution >= 0.6 is 0 Å². The molecule has 0 fully saturated rings. The van der Waals surface area contributed by atoms with Gasteiger partial charge in [0.05, 0.1) is 0 Å². The van der Waals surface area contributed by atoms with Crippen molar-refractivity contribution < 1.29 is 0 Å². The first-order valence-electron chi connectivity index (χ1n) is 8.90. The fourth-order valence-electron chi connectivity index (χ4n) is 3.51. The largest absolute Gasteiger partial charge is 0.332 e. The highest BCUT2D eigenvalue weighted by Crippen LogP contribution is 2.25. The Hall–Kier alpha value is -2.31. The summed E-state index contributed by atoms with van der Waals surface area (Å²) >= 11 is 0. The Morgan fingerprint density at radius 2 is 1.72 bits per heavy atom. The highest BCUT2D eigenvalue weighted by molar-refractivity contribution is 5.76. The Kier molecular flexibility index (Phi) is 4.13. The van der Waals surface area contributed by atoms with E-state index >= 15 is 0 Å². The highest BCUT2D eigenvalue weighted by Gasteiger charge is 2.24. The predicted octanol–water partition coefficient (Wildman–Crippen LogP) is 2.39. The summed E-state index contributed by atoms with van der Waals surface area (Å²) in [6.07, 6.45) is 0.963. The maximum atomic E-state index is 13.1. The number of hydrogen-bond donors (Lipinski definition) is 0. The van der Waals surface area contributed by atoms with Crippen LogP contribution in [0.1, 0.15) is 51.5 Å². The molecule has 0 amide bonds. The lowest BCUT2D eigenvalue weighted by Gasteiger charge is -2.13. The van der Waals surface area contributed by atoms with Crippen molar-refractivity contribution in [3.8, 4) is 0 Å². The molecule has 1 atom stereocenters. The summed E-state index contributed by atoms with van der Waals surface area (Å²) in [5.74, 6) is 0.938. The van der Waals surface area contributed by atoms with E-state index in [0.717, 1.165) is 23.6 Å². The molecule has 0 spiro atoms. The van der Waals surface area contributed by atoms with E-state index < -0.39 is 0 Å². The summed E-state index contributed by atoms with van der Waals surface area (Å²) in [6.45, 7) is 12.7. The van der Waals surface area contributed by atoms with Gasteiger partial charge in [0.2, 0.25) is 5.78 Å². The highest BCUT2D eigenvalue weighted by atomic mass is 16.2. The number of nitrogens with zero attached hydrogens (tertiary/aromatic N) is 5. The molecule has 25 heavy (non-hydrogen) atoms. The maximum Gasteiger partial charge on any atom is 0.332 e. The zero-order valence-electron chi connectivity index (χ0n) is 16.1. The number of fused-ring (bicyclic) bond motifs is 3. The molecule has 0 radical (unpaired) electrons. The van der Waals surface area contributed by atoms with Gasteiger partial charge in [-0.05, 0) is 33.1 Å². The lowest BCUT2D eigenvalue weighted by atomic mass is 10.2. The average molecular weight is 345 g/mol. The van der Waals surface area contributed by atoms with Crippen molar-refractivity contribution in [1.29, 1.82) is 0 Å². The molecule has 7 heteroatoms. The fraction of sp³-hybridized carbons (Fsp3) is 0.611. The Morgan fingerprint density at radius 3 is 2.28 bits per heavy atom. The minimum atomic E-state index is -0.309. The van der Waals surface area contributed by atoms with Crippen LogP contribution in [0.5, 0.6) is 0 Å². The van der Waals surface area contributed by atoms with Crippen LogP contribution in [-0.4, -0.2) is 23.1 Å².